The van der Waals surface area contributed by atoms with Crippen molar-refractivity contribution in [1.82, 2.24) is 0 Å². The van der Waals surface area contributed by atoms with Crippen LogP contribution in [-0.4, -0.2) is 13.2 Å². The van der Waals surface area contributed by atoms with E-state index in [0.717, 1.165) is 49.6 Å². The van der Waals surface area contributed by atoms with Crippen LogP contribution in [0.2, 0.25) is 5.02 Å². The smallest absolute Gasteiger partial charge is 0.125 e. The Morgan fingerprint density at radius 3 is 2.83 bits per heavy atom. The van der Waals surface area contributed by atoms with Crippen LogP contribution in [-0.2, 0) is 12.8 Å². The predicted molar refractivity (Wildman–Crippen MR) is 76.4 cm³/mol. The van der Waals surface area contributed by atoms with E-state index in [0.29, 0.717) is 0 Å². The molecule has 0 aliphatic carbocycles. The number of ether oxygens (including phenoxy) is 1. The first-order chi connectivity index (χ1) is 8.52. The summed E-state index contributed by atoms with van der Waals surface area (Å²) in [5.41, 5.74) is 8.44. The third-order valence-electron chi connectivity index (χ3n) is 3.72. The van der Waals surface area contributed by atoms with Crippen molar-refractivity contribution in [2.45, 2.75) is 39.5 Å². The highest BCUT2D eigenvalue weighted by molar-refractivity contribution is 6.30. The molecule has 0 saturated carbocycles. The predicted octanol–water partition coefficient (Wildman–Crippen LogP) is 3.58. The van der Waals surface area contributed by atoms with Crippen LogP contribution in [0.5, 0.6) is 5.75 Å². The summed E-state index contributed by atoms with van der Waals surface area (Å²) in [6.45, 7) is 6.07. The summed E-state index contributed by atoms with van der Waals surface area (Å²) in [5, 5.41) is 0.825. The van der Waals surface area contributed by atoms with Gasteiger partial charge in [-0.3, -0.25) is 0 Å². The van der Waals surface area contributed by atoms with Gasteiger partial charge < -0.3 is 10.5 Å². The number of hydrogen-bond donors (Lipinski definition) is 1. The molecule has 0 bridgehead atoms. The van der Waals surface area contributed by atoms with Gasteiger partial charge in [0.05, 0.1) is 6.61 Å². The maximum Gasteiger partial charge on any atom is 0.125 e. The molecule has 3 heteroatoms. The Morgan fingerprint density at radius 1 is 1.33 bits per heavy atom. The molecule has 2 N–H and O–H groups in total. The van der Waals surface area contributed by atoms with Gasteiger partial charge in [-0.15, -0.1) is 0 Å². The molecule has 0 amide bonds. The molecule has 0 aromatic heterocycles. The van der Waals surface area contributed by atoms with Gasteiger partial charge in [0.1, 0.15) is 5.75 Å². The molecule has 1 aliphatic heterocycles. The monoisotopic (exact) mass is 267 g/mol. The number of rotatable bonds is 5. The van der Waals surface area contributed by atoms with Crippen molar-refractivity contribution in [2.75, 3.05) is 13.2 Å². The number of benzene rings is 1. The van der Waals surface area contributed by atoms with E-state index in [-0.39, 0.29) is 5.41 Å². The van der Waals surface area contributed by atoms with E-state index in [2.05, 4.69) is 13.8 Å². The molecule has 1 aliphatic rings. The van der Waals surface area contributed by atoms with Crippen LogP contribution in [0.3, 0.4) is 0 Å². The van der Waals surface area contributed by atoms with Crippen LogP contribution in [0.15, 0.2) is 12.1 Å². The lowest BCUT2D eigenvalue weighted by Gasteiger charge is -2.24. The lowest BCUT2D eigenvalue weighted by molar-refractivity contribution is 0.309. The maximum atomic E-state index is 6.16. The molecule has 0 saturated heterocycles. The molecule has 2 rings (SSSR count). The van der Waals surface area contributed by atoms with E-state index in [1.54, 1.807) is 0 Å². The Kier molecular flexibility index (Phi) is 4.18. The Hall–Kier alpha value is -0.730. The molecule has 1 aromatic carbocycles. The van der Waals surface area contributed by atoms with Crippen LogP contribution in [0, 0.1) is 5.41 Å². The van der Waals surface area contributed by atoms with Gasteiger partial charge in [0, 0.05) is 11.4 Å². The molecule has 18 heavy (non-hydrogen) atoms. The highest BCUT2D eigenvalue weighted by Gasteiger charge is 2.21. The molecule has 100 valence electrons. The fraction of sp³-hybridized carbons (Fsp3) is 0.600. The number of aryl methyl sites for hydroxylation is 1. The molecule has 0 atom stereocenters. The standard InChI is InChI=1S/C15H22ClNO/c1-15(2,6-7-17)5-3-11-9-13(16)10-12-4-8-18-14(11)12/h9-10H,3-8,17H2,1-2H3. The second-order valence-corrected chi connectivity index (χ2v) is 6.29. The fourth-order valence-corrected chi connectivity index (χ4v) is 2.78. The number of hydrogen-bond acceptors (Lipinski definition) is 2. The first-order valence-corrected chi connectivity index (χ1v) is 7.04. The van der Waals surface area contributed by atoms with E-state index < -0.39 is 0 Å². The highest BCUT2D eigenvalue weighted by atomic mass is 35.5. The topological polar surface area (TPSA) is 35.2 Å². The zero-order chi connectivity index (χ0) is 13.2. The van der Waals surface area contributed by atoms with Gasteiger partial charge in [-0.25, -0.2) is 0 Å². The SMILES string of the molecule is CC(C)(CCN)CCc1cc(Cl)cc2c1OCC2. The molecular weight excluding hydrogens is 246 g/mol. The van der Waals surface area contributed by atoms with Gasteiger partial charge >= 0.3 is 0 Å². The highest BCUT2D eigenvalue weighted by Crippen LogP contribution is 2.35. The van der Waals surface area contributed by atoms with Crippen molar-refractivity contribution in [3.8, 4) is 5.75 Å². The van der Waals surface area contributed by atoms with E-state index in [1.165, 1.54) is 11.1 Å². The maximum absolute atomic E-state index is 6.16. The molecule has 0 spiro atoms. The van der Waals surface area contributed by atoms with Crippen molar-refractivity contribution in [2.24, 2.45) is 11.1 Å². The van der Waals surface area contributed by atoms with Crippen molar-refractivity contribution in [1.29, 1.82) is 0 Å². The zero-order valence-corrected chi connectivity index (χ0v) is 12.0. The first kappa shape index (κ1) is 13.7. The van der Waals surface area contributed by atoms with Crippen LogP contribution >= 0.6 is 11.6 Å². The molecule has 2 nitrogen and oxygen atoms in total. The summed E-state index contributed by atoms with van der Waals surface area (Å²) in [6, 6.07) is 4.07. The normalized spacial score (nSPS) is 14.4. The minimum Gasteiger partial charge on any atom is -0.493 e. The first-order valence-electron chi connectivity index (χ1n) is 6.66. The van der Waals surface area contributed by atoms with E-state index in [1.807, 2.05) is 12.1 Å². The quantitative estimate of drug-likeness (QED) is 0.885. The van der Waals surface area contributed by atoms with Crippen molar-refractivity contribution in [3.63, 3.8) is 0 Å². The van der Waals surface area contributed by atoms with E-state index in [4.69, 9.17) is 22.1 Å². The van der Waals surface area contributed by atoms with E-state index in [9.17, 15) is 0 Å². The van der Waals surface area contributed by atoms with Crippen molar-refractivity contribution < 1.29 is 4.74 Å². The van der Waals surface area contributed by atoms with Crippen LogP contribution in [0.4, 0.5) is 0 Å². The fourth-order valence-electron chi connectivity index (χ4n) is 2.52. The van der Waals surface area contributed by atoms with Gasteiger partial charge in [0.25, 0.3) is 0 Å². The number of nitrogens with two attached hydrogens (primary N) is 1. The van der Waals surface area contributed by atoms with Gasteiger partial charge in [-0.2, -0.15) is 0 Å². The van der Waals surface area contributed by atoms with Gasteiger partial charge in [0.2, 0.25) is 0 Å². The minimum atomic E-state index is 0.280. The Morgan fingerprint density at radius 2 is 2.11 bits per heavy atom. The van der Waals surface area contributed by atoms with Crippen LogP contribution in [0.1, 0.15) is 37.8 Å². The van der Waals surface area contributed by atoms with Crippen molar-refractivity contribution in [3.05, 3.63) is 28.3 Å². The Bertz CT molecular complexity index is 429. The zero-order valence-electron chi connectivity index (χ0n) is 11.3. The molecule has 0 unspecified atom stereocenters. The summed E-state index contributed by atoms with van der Waals surface area (Å²) in [4.78, 5) is 0. The molecule has 1 heterocycles. The molecular formula is C15H22ClNO. The van der Waals surface area contributed by atoms with Crippen LogP contribution < -0.4 is 10.5 Å². The molecule has 1 aromatic rings. The van der Waals surface area contributed by atoms with E-state index >= 15 is 0 Å². The lowest BCUT2D eigenvalue weighted by atomic mass is 9.83. The summed E-state index contributed by atoms with van der Waals surface area (Å²) in [6.07, 6.45) is 4.15. The summed E-state index contributed by atoms with van der Waals surface area (Å²) in [5.74, 6) is 1.07. The lowest BCUT2D eigenvalue weighted by Crippen LogP contribution is -2.18. The summed E-state index contributed by atoms with van der Waals surface area (Å²) in [7, 11) is 0. The second kappa shape index (κ2) is 5.50. The molecule has 0 fully saturated rings. The second-order valence-electron chi connectivity index (χ2n) is 5.85. The van der Waals surface area contributed by atoms with Crippen molar-refractivity contribution >= 4 is 11.6 Å². The Balaban J connectivity index is 2.10. The number of halogens is 1. The summed E-state index contributed by atoms with van der Waals surface area (Å²) >= 11 is 6.16. The Labute approximate surface area is 114 Å². The molecule has 0 radical (unpaired) electrons. The average Bonchev–Trinajstić information content (AvgIpc) is 2.73. The largest absolute Gasteiger partial charge is 0.493 e. The van der Waals surface area contributed by atoms with Gasteiger partial charge in [0.15, 0.2) is 0 Å². The summed E-state index contributed by atoms with van der Waals surface area (Å²) < 4.78 is 5.73. The number of fused-ring (bicyclic) bond motifs is 1. The average molecular weight is 268 g/mol. The third kappa shape index (κ3) is 3.18. The van der Waals surface area contributed by atoms with Gasteiger partial charge in [-0.05, 0) is 54.5 Å². The third-order valence-corrected chi connectivity index (χ3v) is 3.94. The minimum absolute atomic E-state index is 0.280. The van der Waals surface area contributed by atoms with Crippen LogP contribution in [0.25, 0.3) is 0 Å². The van der Waals surface area contributed by atoms with Gasteiger partial charge in [-0.1, -0.05) is 25.4 Å².